The monoisotopic (exact) mass is 268 g/mol. The maximum atomic E-state index is 11.9. The number of piperidine rings is 1. The van der Waals surface area contributed by atoms with Crippen LogP contribution in [0.5, 0.6) is 0 Å². The standard InChI is InChI=1S/C16H32N2O/c1-3-4-5-6-7-8-9-10-16(19)18-15-13-17-12-11-14(15)2/h14-15,17H,3-13H2,1-2H3,(H,18,19). The molecule has 2 N–H and O–H groups in total. The summed E-state index contributed by atoms with van der Waals surface area (Å²) in [5.74, 6) is 0.855. The molecule has 0 aliphatic carbocycles. The number of unbranched alkanes of at least 4 members (excludes halogenated alkanes) is 6. The van der Waals surface area contributed by atoms with Crippen molar-refractivity contribution in [3.8, 4) is 0 Å². The van der Waals surface area contributed by atoms with Crippen molar-refractivity contribution >= 4 is 5.91 Å². The normalized spacial score (nSPS) is 23.3. The Morgan fingerprint density at radius 1 is 1.16 bits per heavy atom. The van der Waals surface area contributed by atoms with Crippen LogP contribution in [0.15, 0.2) is 0 Å². The Morgan fingerprint density at radius 3 is 2.53 bits per heavy atom. The molecule has 3 heteroatoms. The summed E-state index contributed by atoms with van der Waals surface area (Å²) in [5, 5.41) is 6.53. The predicted octanol–water partition coefficient (Wildman–Crippen LogP) is 3.24. The van der Waals surface area contributed by atoms with Crippen LogP contribution in [0.2, 0.25) is 0 Å². The van der Waals surface area contributed by atoms with E-state index in [1.807, 2.05) is 0 Å². The summed E-state index contributed by atoms with van der Waals surface area (Å²) in [6, 6.07) is 0.339. The average Bonchev–Trinajstić information content (AvgIpc) is 2.40. The average molecular weight is 268 g/mol. The molecule has 1 fully saturated rings. The molecular formula is C16H32N2O. The summed E-state index contributed by atoms with van der Waals surface area (Å²) in [6.45, 7) is 6.50. The molecule has 1 aliphatic heterocycles. The number of hydrogen-bond acceptors (Lipinski definition) is 2. The zero-order chi connectivity index (χ0) is 13.9. The van der Waals surface area contributed by atoms with Crippen LogP contribution < -0.4 is 10.6 Å². The van der Waals surface area contributed by atoms with E-state index in [0.717, 1.165) is 19.5 Å². The number of nitrogens with one attached hydrogen (secondary N) is 2. The van der Waals surface area contributed by atoms with E-state index in [-0.39, 0.29) is 5.91 Å². The molecule has 0 radical (unpaired) electrons. The van der Waals surface area contributed by atoms with Gasteiger partial charge >= 0.3 is 0 Å². The van der Waals surface area contributed by atoms with Crippen molar-refractivity contribution in [2.75, 3.05) is 13.1 Å². The molecule has 0 aromatic rings. The van der Waals surface area contributed by atoms with Crippen LogP contribution in [-0.2, 0) is 4.79 Å². The Kier molecular flexibility index (Phi) is 8.89. The van der Waals surface area contributed by atoms with E-state index in [9.17, 15) is 4.79 Å². The third-order valence-electron chi connectivity index (χ3n) is 4.18. The van der Waals surface area contributed by atoms with Crippen molar-refractivity contribution in [1.29, 1.82) is 0 Å². The molecule has 2 atom stereocenters. The van der Waals surface area contributed by atoms with Crippen molar-refractivity contribution in [3.63, 3.8) is 0 Å². The Bertz CT molecular complexity index is 243. The zero-order valence-electron chi connectivity index (χ0n) is 12.8. The summed E-state index contributed by atoms with van der Waals surface area (Å²) in [4.78, 5) is 11.9. The van der Waals surface area contributed by atoms with Gasteiger partial charge in [-0.1, -0.05) is 52.4 Å². The second-order valence-electron chi connectivity index (χ2n) is 6.02. The SMILES string of the molecule is CCCCCCCCCC(=O)NC1CNCCC1C. The fraction of sp³-hybridized carbons (Fsp3) is 0.938. The van der Waals surface area contributed by atoms with Crippen LogP contribution in [0, 0.1) is 5.92 Å². The molecule has 1 aliphatic rings. The topological polar surface area (TPSA) is 41.1 Å². The molecule has 0 aromatic carbocycles. The zero-order valence-corrected chi connectivity index (χ0v) is 12.8. The fourth-order valence-electron chi connectivity index (χ4n) is 2.70. The maximum absolute atomic E-state index is 11.9. The summed E-state index contributed by atoms with van der Waals surface area (Å²) in [5.41, 5.74) is 0. The first-order valence-corrected chi connectivity index (χ1v) is 8.24. The van der Waals surface area contributed by atoms with Crippen LogP contribution in [-0.4, -0.2) is 25.0 Å². The lowest BCUT2D eigenvalue weighted by Gasteiger charge is -2.30. The molecule has 0 spiro atoms. The molecule has 1 amide bonds. The lowest BCUT2D eigenvalue weighted by molar-refractivity contribution is -0.122. The minimum Gasteiger partial charge on any atom is -0.352 e. The first-order chi connectivity index (χ1) is 9.24. The van der Waals surface area contributed by atoms with Crippen molar-refractivity contribution in [1.82, 2.24) is 10.6 Å². The summed E-state index contributed by atoms with van der Waals surface area (Å²) < 4.78 is 0. The van der Waals surface area contributed by atoms with Gasteiger partial charge in [-0.05, 0) is 25.3 Å². The van der Waals surface area contributed by atoms with Crippen molar-refractivity contribution in [3.05, 3.63) is 0 Å². The van der Waals surface area contributed by atoms with Crippen LogP contribution in [0.4, 0.5) is 0 Å². The highest BCUT2D eigenvalue weighted by atomic mass is 16.1. The first-order valence-electron chi connectivity index (χ1n) is 8.24. The lowest BCUT2D eigenvalue weighted by Crippen LogP contribution is -2.50. The van der Waals surface area contributed by atoms with E-state index >= 15 is 0 Å². The predicted molar refractivity (Wildman–Crippen MR) is 81.2 cm³/mol. The molecule has 2 unspecified atom stereocenters. The number of hydrogen-bond donors (Lipinski definition) is 2. The largest absolute Gasteiger partial charge is 0.352 e. The van der Waals surface area contributed by atoms with E-state index in [2.05, 4.69) is 24.5 Å². The molecule has 3 nitrogen and oxygen atoms in total. The Labute approximate surface area is 118 Å². The van der Waals surface area contributed by atoms with Crippen molar-refractivity contribution < 1.29 is 4.79 Å². The van der Waals surface area contributed by atoms with Crippen LogP contribution >= 0.6 is 0 Å². The highest BCUT2D eigenvalue weighted by Gasteiger charge is 2.22. The molecule has 0 bridgehead atoms. The highest BCUT2D eigenvalue weighted by Crippen LogP contribution is 2.12. The van der Waals surface area contributed by atoms with E-state index in [1.165, 1.54) is 44.9 Å². The minimum atomic E-state index is 0.245. The van der Waals surface area contributed by atoms with Gasteiger partial charge in [0, 0.05) is 19.0 Å². The van der Waals surface area contributed by atoms with Gasteiger partial charge in [0.1, 0.15) is 0 Å². The van der Waals surface area contributed by atoms with Crippen molar-refractivity contribution in [2.24, 2.45) is 5.92 Å². The summed E-state index contributed by atoms with van der Waals surface area (Å²) in [6.07, 6.45) is 10.8. The smallest absolute Gasteiger partial charge is 0.220 e. The van der Waals surface area contributed by atoms with E-state index in [0.29, 0.717) is 18.4 Å². The second-order valence-corrected chi connectivity index (χ2v) is 6.02. The van der Waals surface area contributed by atoms with E-state index in [1.54, 1.807) is 0 Å². The number of carbonyl (C=O) groups excluding carboxylic acids is 1. The molecule has 1 saturated heterocycles. The van der Waals surface area contributed by atoms with Gasteiger partial charge in [-0.2, -0.15) is 0 Å². The van der Waals surface area contributed by atoms with Gasteiger partial charge in [-0.3, -0.25) is 4.79 Å². The quantitative estimate of drug-likeness (QED) is 0.630. The Morgan fingerprint density at radius 2 is 1.84 bits per heavy atom. The van der Waals surface area contributed by atoms with E-state index < -0.39 is 0 Å². The number of amides is 1. The van der Waals surface area contributed by atoms with Gasteiger partial charge in [0.25, 0.3) is 0 Å². The van der Waals surface area contributed by atoms with Gasteiger partial charge in [-0.25, -0.2) is 0 Å². The van der Waals surface area contributed by atoms with Gasteiger partial charge in [0.15, 0.2) is 0 Å². The fourth-order valence-corrected chi connectivity index (χ4v) is 2.70. The van der Waals surface area contributed by atoms with Gasteiger partial charge in [0.05, 0.1) is 0 Å². The number of rotatable bonds is 9. The molecule has 1 heterocycles. The van der Waals surface area contributed by atoms with Gasteiger partial charge in [0.2, 0.25) is 5.91 Å². The van der Waals surface area contributed by atoms with Crippen LogP contribution in [0.1, 0.15) is 71.6 Å². The molecule has 0 aromatic heterocycles. The minimum absolute atomic E-state index is 0.245. The third-order valence-corrected chi connectivity index (χ3v) is 4.18. The van der Waals surface area contributed by atoms with Crippen LogP contribution in [0.25, 0.3) is 0 Å². The third kappa shape index (κ3) is 7.56. The Hall–Kier alpha value is -0.570. The molecule has 0 saturated carbocycles. The van der Waals surface area contributed by atoms with Crippen LogP contribution in [0.3, 0.4) is 0 Å². The van der Waals surface area contributed by atoms with Gasteiger partial charge in [-0.15, -0.1) is 0 Å². The van der Waals surface area contributed by atoms with Gasteiger partial charge < -0.3 is 10.6 Å². The van der Waals surface area contributed by atoms with Crippen molar-refractivity contribution in [2.45, 2.75) is 77.7 Å². The maximum Gasteiger partial charge on any atom is 0.220 e. The molecule has 1 rings (SSSR count). The molecule has 19 heavy (non-hydrogen) atoms. The van der Waals surface area contributed by atoms with E-state index in [4.69, 9.17) is 0 Å². The Balaban J connectivity index is 1.98. The highest BCUT2D eigenvalue weighted by molar-refractivity contribution is 5.76. The molecule has 112 valence electrons. The molecular weight excluding hydrogens is 236 g/mol. The first kappa shape index (κ1) is 16.5. The number of carbonyl (C=O) groups is 1. The summed E-state index contributed by atoms with van der Waals surface area (Å²) in [7, 11) is 0. The lowest BCUT2D eigenvalue weighted by atomic mass is 9.94. The summed E-state index contributed by atoms with van der Waals surface area (Å²) >= 11 is 0. The second kappa shape index (κ2) is 10.2.